The van der Waals surface area contributed by atoms with E-state index in [2.05, 4.69) is 15.4 Å². The summed E-state index contributed by atoms with van der Waals surface area (Å²) in [7, 11) is 0. The number of aromatic nitrogens is 3. The van der Waals surface area contributed by atoms with Gasteiger partial charge in [0.1, 0.15) is 0 Å². The van der Waals surface area contributed by atoms with Crippen LogP contribution in [0.3, 0.4) is 0 Å². The molecule has 0 aliphatic heterocycles. The van der Waals surface area contributed by atoms with Crippen LogP contribution < -0.4 is 11.1 Å². The highest BCUT2D eigenvalue weighted by molar-refractivity contribution is 5.92. The lowest BCUT2D eigenvalue weighted by molar-refractivity contribution is -0.120. The van der Waals surface area contributed by atoms with Gasteiger partial charge in [0.15, 0.2) is 5.82 Å². The van der Waals surface area contributed by atoms with Gasteiger partial charge in [-0.15, -0.1) is 24.8 Å². The Hall–Kier alpha value is -1.63. The maximum atomic E-state index is 12.3. The van der Waals surface area contributed by atoms with Crippen molar-refractivity contribution in [2.24, 2.45) is 17.6 Å². The van der Waals surface area contributed by atoms with Gasteiger partial charge in [-0.05, 0) is 43.0 Å². The summed E-state index contributed by atoms with van der Waals surface area (Å²) in [6.45, 7) is 1.24. The zero-order valence-corrected chi connectivity index (χ0v) is 14.9. The summed E-state index contributed by atoms with van der Waals surface area (Å²) in [6.07, 6.45) is 8.43. The molecule has 3 rings (SSSR count). The third-order valence-electron chi connectivity index (χ3n) is 4.28. The first kappa shape index (κ1) is 20.4. The highest BCUT2D eigenvalue weighted by Gasteiger charge is 2.32. The topological polar surface area (TPSA) is 85.8 Å². The van der Waals surface area contributed by atoms with Crippen LogP contribution in [0.25, 0.3) is 0 Å². The van der Waals surface area contributed by atoms with Gasteiger partial charge >= 0.3 is 0 Å². The molecule has 1 amide bonds. The Morgan fingerprint density at radius 3 is 2.71 bits per heavy atom. The van der Waals surface area contributed by atoms with Gasteiger partial charge in [-0.3, -0.25) is 14.5 Å². The fourth-order valence-electron chi connectivity index (χ4n) is 3.07. The number of anilines is 1. The second-order valence-electron chi connectivity index (χ2n) is 5.78. The van der Waals surface area contributed by atoms with Gasteiger partial charge in [-0.25, -0.2) is 0 Å². The number of carbonyl (C=O) groups is 1. The van der Waals surface area contributed by atoms with E-state index < -0.39 is 0 Å². The number of carbonyl (C=O) groups excluding carboxylic acids is 1. The Labute approximate surface area is 154 Å². The van der Waals surface area contributed by atoms with Crippen LogP contribution in [0, 0.1) is 11.8 Å². The van der Waals surface area contributed by atoms with Crippen LogP contribution in [0.1, 0.15) is 24.8 Å². The summed E-state index contributed by atoms with van der Waals surface area (Å²) in [4.78, 5) is 16.3. The summed E-state index contributed by atoms with van der Waals surface area (Å²) in [5.74, 6) is 0.970. The molecule has 1 fully saturated rings. The van der Waals surface area contributed by atoms with Crippen molar-refractivity contribution < 1.29 is 4.79 Å². The molecule has 1 aliphatic rings. The number of amides is 1. The van der Waals surface area contributed by atoms with Crippen LogP contribution in [0.5, 0.6) is 0 Å². The first-order valence-corrected chi connectivity index (χ1v) is 7.69. The summed E-state index contributed by atoms with van der Waals surface area (Å²) in [5.41, 5.74) is 6.86. The molecule has 2 heterocycles. The zero-order valence-electron chi connectivity index (χ0n) is 13.3. The van der Waals surface area contributed by atoms with E-state index in [9.17, 15) is 4.79 Å². The first-order chi connectivity index (χ1) is 10.8. The van der Waals surface area contributed by atoms with Crippen molar-refractivity contribution in [2.75, 3.05) is 11.9 Å². The number of nitrogens with zero attached hydrogens (tertiary/aromatic N) is 3. The molecule has 2 atom stereocenters. The van der Waals surface area contributed by atoms with Gasteiger partial charge < -0.3 is 11.1 Å². The molecule has 1 aliphatic carbocycles. The van der Waals surface area contributed by atoms with E-state index in [-0.39, 0.29) is 36.6 Å². The van der Waals surface area contributed by atoms with E-state index in [1.807, 2.05) is 24.4 Å². The number of pyridine rings is 1. The minimum atomic E-state index is 0. The maximum absolute atomic E-state index is 12.3. The third-order valence-corrected chi connectivity index (χ3v) is 4.28. The van der Waals surface area contributed by atoms with E-state index in [0.717, 1.165) is 24.8 Å². The molecule has 0 unspecified atom stereocenters. The first-order valence-electron chi connectivity index (χ1n) is 7.69. The summed E-state index contributed by atoms with van der Waals surface area (Å²) < 4.78 is 1.81. The molecule has 0 spiro atoms. The number of hydrogen-bond donors (Lipinski definition) is 2. The molecule has 0 bridgehead atoms. The summed E-state index contributed by atoms with van der Waals surface area (Å²) in [6, 6.07) is 5.72. The molecule has 24 heavy (non-hydrogen) atoms. The minimum Gasteiger partial charge on any atom is -0.330 e. The number of nitrogens with one attached hydrogen (secondary N) is 1. The Morgan fingerprint density at radius 1 is 1.25 bits per heavy atom. The third kappa shape index (κ3) is 4.93. The van der Waals surface area contributed by atoms with Crippen molar-refractivity contribution in [1.29, 1.82) is 0 Å². The molecule has 1 saturated carbocycles. The fourth-order valence-corrected chi connectivity index (χ4v) is 3.07. The Morgan fingerprint density at radius 2 is 2.00 bits per heavy atom. The molecule has 2 aromatic rings. The van der Waals surface area contributed by atoms with Crippen LogP contribution in [0.15, 0.2) is 36.8 Å². The standard InChI is InChI=1S/C16H21N5O.2ClH/c17-10-13-2-1-3-14(13)16(22)19-15-6-9-21(20-15)11-12-4-7-18-8-5-12;;/h4-9,13-14H,1-3,10-11,17H2,(H,19,20,22);2*1H/t13-,14-;;/m1../s1. The molecule has 8 heteroatoms. The van der Waals surface area contributed by atoms with Crippen molar-refractivity contribution in [3.05, 3.63) is 42.4 Å². The molecule has 132 valence electrons. The normalized spacial score (nSPS) is 19.2. The van der Waals surface area contributed by atoms with E-state index >= 15 is 0 Å². The molecule has 3 N–H and O–H groups in total. The Bertz CT molecular complexity index is 634. The highest BCUT2D eigenvalue weighted by atomic mass is 35.5. The van der Waals surface area contributed by atoms with Crippen LogP contribution >= 0.6 is 24.8 Å². The average Bonchev–Trinajstić information content (AvgIpc) is 3.17. The lowest BCUT2D eigenvalue weighted by Crippen LogP contribution is -2.29. The lowest BCUT2D eigenvalue weighted by atomic mass is 9.95. The van der Waals surface area contributed by atoms with Crippen LogP contribution in [0.4, 0.5) is 5.82 Å². The zero-order chi connectivity index (χ0) is 15.4. The molecule has 2 aromatic heterocycles. The van der Waals surface area contributed by atoms with Gasteiger partial charge in [0.2, 0.25) is 5.91 Å². The SMILES string of the molecule is Cl.Cl.NC[C@H]1CCC[C@H]1C(=O)Nc1ccn(Cc2ccncc2)n1. The van der Waals surface area contributed by atoms with Crippen molar-refractivity contribution >= 4 is 36.5 Å². The second-order valence-corrected chi connectivity index (χ2v) is 5.78. The number of nitrogens with two attached hydrogens (primary N) is 1. The molecule has 0 radical (unpaired) electrons. The smallest absolute Gasteiger partial charge is 0.229 e. The molecule has 6 nitrogen and oxygen atoms in total. The Kier molecular flexibility index (Phi) is 8.18. The molecular weight excluding hydrogens is 349 g/mol. The second kappa shape index (κ2) is 9.61. The fraction of sp³-hybridized carbons (Fsp3) is 0.438. The number of rotatable bonds is 5. The van der Waals surface area contributed by atoms with Crippen molar-refractivity contribution in [3.8, 4) is 0 Å². The monoisotopic (exact) mass is 371 g/mol. The summed E-state index contributed by atoms with van der Waals surface area (Å²) in [5, 5.41) is 7.32. The highest BCUT2D eigenvalue weighted by Crippen LogP contribution is 2.31. The van der Waals surface area contributed by atoms with Crippen LogP contribution in [-0.4, -0.2) is 27.2 Å². The number of hydrogen-bond acceptors (Lipinski definition) is 4. The van der Waals surface area contributed by atoms with Crippen molar-refractivity contribution in [2.45, 2.75) is 25.8 Å². The van der Waals surface area contributed by atoms with Gasteiger partial charge in [0, 0.05) is 30.6 Å². The largest absolute Gasteiger partial charge is 0.330 e. The average molecular weight is 372 g/mol. The molecular formula is C16H23Cl2N5O. The molecule has 0 aromatic carbocycles. The van der Waals surface area contributed by atoms with Gasteiger partial charge in [-0.2, -0.15) is 5.10 Å². The quantitative estimate of drug-likeness (QED) is 0.844. The Balaban J connectivity index is 0.00000144. The van der Waals surface area contributed by atoms with Crippen molar-refractivity contribution in [1.82, 2.24) is 14.8 Å². The van der Waals surface area contributed by atoms with E-state index in [1.165, 1.54) is 0 Å². The van der Waals surface area contributed by atoms with Crippen LogP contribution in [-0.2, 0) is 11.3 Å². The number of halogens is 2. The molecule has 0 saturated heterocycles. The van der Waals surface area contributed by atoms with Crippen molar-refractivity contribution in [3.63, 3.8) is 0 Å². The predicted octanol–water partition coefficient (Wildman–Crippen LogP) is 2.48. The minimum absolute atomic E-state index is 0. The predicted molar refractivity (Wildman–Crippen MR) is 98.6 cm³/mol. The maximum Gasteiger partial charge on any atom is 0.229 e. The van der Waals surface area contributed by atoms with Gasteiger partial charge in [0.05, 0.1) is 6.54 Å². The van der Waals surface area contributed by atoms with Gasteiger partial charge in [-0.1, -0.05) is 6.42 Å². The van der Waals surface area contributed by atoms with E-state index in [4.69, 9.17) is 5.73 Å². The van der Waals surface area contributed by atoms with Crippen LogP contribution in [0.2, 0.25) is 0 Å². The van der Waals surface area contributed by atoms with Gasteiger partial charge in [0.25, 0.3) is 0 Å². The van der Waals surface area contributed by atoms with E-state index in [0.29, 0.717) is 24.8 Å². The van der Waals surface area contributed by atoms with E-state index in [1.54, 1.807) is 17.1 Å². The summed E-state index contributed by atoms with van der Waals surface area (Å²) >= 11 is 0. The lowest BCUT2D eigenvalue weighted by Gasteiger charge is -2.16.